The molecule has 2 aromatic heterocycles. The first-order chi connectivity index (χ1) is 15.1. The van der Waals surface area contributed by atoms with E-state index in [1.165, 1.54) is 12.1 Å². The molecule has 6 nitrogen and oxygen atoms in total. The maximum absolute atomic E-state index is 14.2. The van der Waals surface area contributed by atoms with Crippen LogP contribution in [0.5, 0.6) is 11.5 Å². The van der Waals surface area contributed by atoms with Gasteiger partial charge in [-0.2, -0.15) is 35.1 Å². The summed E-state index contributed by atoms with van der Waals surface area (Å²) in [6.07, 6.45) is -11.2. The molecule has 0 radical (unpaired) electrons. The average molecular weight is 501 g/mol. The van der Waals surface area contributed by atoms with E-state index in [2.05, 4.69) is 9.97 Å². The molecule has 0 unspecified atom stereocenters. The smallest absolute Gasteiger partial charge is 0.449 e. The van der Waals surface area contributed by atoms with Crippen molar-refractivity contribution in [3.05, 3.63) is 63.0 Å². The first-order valence-corrected chi connectivity index (χ1v) is 8.86. The number of nitrogens with one attached hydrogen (secondary N) is 1. The van der Waals surface area contributed by atoms with Crippen molar-refractivity contribution in [1.82, 2.24) is 15.0 Å². The van der Waals surface area contributed by atoms with Gasteiger partial charge in [0.2, 0.25) is 5.75 Å². The lowest BCUT2D eigenvalue weighted by Crippen LogP contribution is -2.36. The fourth-order valence-corrected chi connectivity index (χ4v) is 2.74. The highest BCUT2D eigenvalue weighted by molar-refractivity contribution is 6.31. The zero-order valence-corrected chi connectivity index (χ0v) is 16.4. The Morgan fingerprint density at radius 3 is 2.21 bits per heavy atom. The molecule has 33 heavy (non-hydrogen) atoms. The summed E-state index contributed by atoms with van der Waals surface area (Å²) < 4.78 is 112. The number of benzene rings is 1. The van der Waals surface area contributed by atoms with E-state index in [1.807, 2.05) is 4.98 Å². The highest BCUT2D eigenvalue weighted by Gasteiger charge is 2.62. The Morgan fingerprint density at radius 2 is 1.64 bits per heavy atom. The monoisotopic (exact) mass is 500 g/mol. The molecule has 0 bridgehead atoms. The van der Waals surface area contributed by atoms with Gasteiger partial charge in [-0.3, -0.25) is 4.79 Å². The van der Waals surface area contributed by atoms with Crippen molar-refractivity contribution < 1.29 is 39.9 Å². The van der Waals surface area contributed by atoms with Crippen LogP contribution in [0.2, 0.25) is 5.02 Å². The van der Waals surface area contributed by atoms with Crippen molar-refractivity contribution >= 4 is 17.4 Å². The SMILES string of the molecule is Nc1cccc(-c2nc(C(F)(F)C(F)(F)F)c(Oc3ccc(Cl)c(C(F)(F)F)c3)c(=O)[nH]2)n1. The van der Waals surface area contributed by atoms with E-state index in [0.717, 1.165) is 12.1 Å². The van der Waals surface area contributed by atoms with Gasteiger partial charge >= 0.3 is 18.3 Å². The third-order valence-corrected chi connectivity index (χ3v) is 4.34. The number of pyridine rings is 1. The van der Waals surface area contributed by atoms with Gasteiger partial charge in [0.25, 0.3) is 5.56 Å². The number of hydrogen-bond acceptors (Lipinski definition) is 5. The molecule has 176 valence electrons. The van der Waals surface area contributed by atoms with E-state index in [9.17, 15) is 39.9 Å². The Bertz CT molecular complexity index is 1260. The number of nitrogens with two attached hydrogens (primary N) is 1. The van der Waals surface area contributed by atoms with E-state index in [0.29, 0.717) is 6.07 Å². The van der Waals surface area contributed by atoms with Crippen LogP contribution in [0.3, 0.4) is 0 Å². The number of anilines is 1. The molecule has 0 saturated heterocycles. The molecule has 0 aliphatic carbocycles. The molecule has 1 aromatic carbocycles. The molecular formula is C18H9ClF8N4O2. The van der Waals surface area contributed by atoms with Gasteiger partial charge in [0.05, 0.1) is 10.6 Å². The van der Waals surface area contributed by atoms with E-state index in [4.69, 9.17) is 22.1 Å². The zero-order chi connectivity index (χ0) is 24.8. The molecule has 2 heterocycles. The predicted octanol–water partition coefficient (Wildman–Crippen LogP) is 5.53. The van der Waals surface area contributed by atoms with Crippen LogP contribution in [0.25, 0.3) is 11.5 Å². The van der Waals surface area contributed by atoms with E-state index < -0.39 is 57.4 Å². The Hall–Kier alpha value is -3.42. The third kappa shape index (κ3) is 4.84. The lowest BCUT2D eigenvalue weighted by atomic mass is 10.2. The second-order valence-corrected chi connectivity index (χ2v) is 6.76. The van der Waals surface area contributed by atoms with Crippen molar-refractivity contribution in [2.75, 3.05) is 5.73 Å². The summed E-state index contributed by atoms with van der Waals surface area (Å²) in [5, 5.41) is -0.800. The van der Waals surface area contributed by atoms with Gasteiger partial charge < -0.3 is 15.5 Å². The number of hydrogen-bond donors (Lipinski definition) is 2. The van der Waals surface area contributed by atoms with Crippen LogP contribution in [-0.2, 0) is 12.1 Å². The first-order valence-electron chi connectivity index (χ1n) is 8.48. The molecule has 0 amide bonds. The van der Waals surface area contributed by atoms with Crippen molar-refractivity contribution in [3.8, 4) is 23.0 Å². The van der Waals surface area contributed by atoms with E-state index in [-0.39, 0.29) is 17.6 Å². The van der Waals surface area contributed by atoms with E-state index in [1.54, 1.807) is 0 Å². The Labute approximate surface area is 183 Å². The highest BCUT2D eigenvalue weighted by atomic mass is 35.5. The van der Waals surface area contributed by atoms with Gasteiger partial charge in [0, 0.05) is 0 Å². The Balaban J connectivity index is 2.22. The van der Waals surface area contributed by atoms with Crippen LogP contribution >= 0.6 is 11.6 Å². The number of aromatic amines is 1. The quantitative estimate of drug-likeness (QED) is 0.459. The number of ether oxygens (including phenoxy) is 1. The van der Waals surface area contributed by atoms with Crippen molar-refractivity contribution in [1.29, 1.82) is 0 Å². The van der Waals surface area contributed by atoms with Crippen LogP contribution in [0.1, 0.15) is 11.3 Å². The summed E-state index contributed by atoms with van der Waals surface area (Å²) >= 11 is 5.44. The molecule has 0 aliphatic rings. The number of aromatic nitrogens is 3. The number of nitrogens with zero attached hydrogens (tertiary/aromatic N) is 2. The molecule has 3 rings (SSSR count). The van der Waals surface area contributed by atoms with Gasteiger partial charge in [-0.05, 0) is 30.3 Å². The number of halogens is 9. The maximum atomic E-state index is 14.2. The summed E-state index contributed by atoms with van der Waals surface area (Å²) in [6, 6.07) is 5.26. The Morgan fingerprint density at radius 1 is 0.970 bits per heavy atom. The number of H-pyrrole nitrogens is 1. The maximum Gasteiger partial charge on any atom is 0.459 e. The van der Waals surface area contributed by atoms with Crippen LogP contribution < -0.4 is 16.0 Å². The van der Waals surface area contributed by atoms with Gasteiger partial charge in [0.1, 0.15) is 17.3 Å². The second-order valence-electron chi connectivity index (χ2n) is 6.35. The van der Waals surface area contributed by atoms with Gasteiger partial charge in [-0.15, -0.1) is 0 Å². The number of alkyl halides is 8. The minimum atomic E-state index is -6.23. The van der Waals surface area contributed by atoms with Gasteiger partial charge in [-0.1, -0.05) is 17.7 Å². The predicted molar refractivity (Wildman–Crippen MR) is 99.0 cm³/mol. The summed E-state index contributed by atoms with van der Waals surface area (Å²) in [4.78, 5) is 21.1. The molecule has 0 spiro atoms. The molecule has 0 aliphatic heterocycles. The third-order valence-electron chi connectivity index (χ3n) is 4.01. The molecule has 0 saturated carbocycles. The van der Waals surface area contributed by atoms with Crippen LogP contribution in [-0.4, -0.2) is 21.1 Å². The van der Waals surface area contributed by atoms with Crippen LogP contribution in [0.15, 0.2) is 41.2 Å². The highest BCUT2D eigenvalue weighted by Crippen LogP contribution is 2.46. The first kappa shape index (κ1) is 24.2. The minimum absolute atomic E-state index is 0.166. The topological polar surface area (TPSA) is 93.9 Å². The van der Waals surface area contributed by atoms with Crippen LogP contribution in [0, 0.1) is 0 Å². The lowest BCUT2D eigenvalue weighted by Gasteiger charge is -2.21. The molecule has 3 N–H and O–H groups in total. The van der Waals surface area contributed by atoms with Gasteiger partial charge in [-0.25, -0.2) is 9.97 Å². The van der Waals surface area contributed by atoms with Crippen molar-refractivity contribution in [3.63, 3.8) is 0 Å². The normalized spacial score (nSPS) is 12.6. The average Bonchev–Trinajstić information content (AvgIpc) is 2.68. The Kier molecular flexibility index (Phi) is 6.00. The molecule has 3 aromatic rings. The fourth-order valence-electron chi connectivity index (χ4n) is 2.51. The van der Waals surface area contributed by atoms with Crippen molar-refractivity contribution in [2.24, 2.45) is 0 Å². The summed E-state index contributed by atoms with van der Waals surface area (Å²) in [7, 11) is 0. The fraction of sp³-hybridized carbons (Fsp3) is 0.167. The molecule has 0 fully saturated rings. The second kappa shape index (κ2) is 8.17. The molecular weight excluding hydrogens is 492 g/mol. The standard InChI is InChI=1S/C18H9ClF8N4O2/c19-9-5-4-7(6-8(9)17(22,23)24)33-12-13(16(20,21)18(25,26)27)30-14(31-15(12)32)10-2-1-3-11(28)29-10/h1-6H,(H2,28,29)(H,30,31,32). The minimum Gasteiger partial charge on any atom is -0.449 e. The van der Waals surface area contributed by atoms with Crippen LogP contribution in [0.4, 0.5) is 40.9 Å². The summed E-state index contributed by atoms with van der Waals surface area (Å²) in [5.74, 6) is -9.29. The van der Waals surface area contributed by atoms with Crippen molar-refractivity contribution in [2.45, 2.75) is 18.3 Å². The largest absolute Gasteiger partial charge is 0.459 e. The molecule has 0 atom stereocenters. The summed E-state index contributed by atoms with van der Waals surface area (Å²) in [6.45, 7) is 0. The lowest BCUT2D eigenvalue weighted by molar-refractivity contribution is -0.291. The van der Waals surface area contributed by atoms with Gasteiger partial charge in [0.15, 0.2) is 11.5 Å². The number of nitrogen functional groups attached to an aromatic ring is 1. The number of rotatable bonds is 4. The summed E-state index contributed by atoms with van der Waals surface area (Å²) in [5.41, 5.74) is -0.239. The molecule has 15 heteroatoms. The zero-order valence-electron chi connectivity index (χ0n) is 15.7. The van der Waals surface area contributed by atoms with E-state index >= 15 is 0 Å².